The molecule has 7 nitrogen and oxygen atoms in total. The first-order valence-electron chi connectivity index (χ1n) is 9.12. The first-order valence-corrected chi connectivity index (χ1v) is 9.94. The van der Waals surface area contributed by atoms with Crippen molar-refractivity contribution in [2.45, 2.75) is 0 Å². The lowest BCUT2D eigenvalue weighted by Crippen LogP contribution is -2.01. The van der Waals surface area contributed by atoms with Crippen molar-refractivity contribution in [1.82, 2.24) is 9.78 Å². The average molecular weight is 416 g/mol. The number of hydrogen-bond donors (Lipinski definition) is 1. The van der Waals surface area contributed by atoms with Crippen LogP contribution < -0.4 is 10.5 Å². The van der Waals surface area contributed by atoms with Crippen LogP contribution in [0.25, 0.3) is 34.2 Å². The number of hydrogen-bond acceptors (Lipinski definition) is 6. The van der Waals surface area contributed by atoms with Crippen LogP contribution in [0.5, 0.6) is 5.75 Å². The Morgan fingerprint density at radius 2 is 2.00 bits per heavy atom. The van der Waals surface area contributed by atoms with Gasteiger partial charge in [0, 0.05) is 17.1 Å². The van der Waals surface area contributed by atoms with Crippen LogP contribution in [0.2, 0.25) is 0 Å². The van der Waals surface area contributed by atoms with E-state index in [1.807, 2.05) is 60.8 Å². The van der Waals surface area contributed by atoms with E-state index >= 15 is 0 Å². The number of amidine groups is 1. The van der Waals surface area contributed by atoms with E-state index in [2.05, 4.69) is 4.99 Å². The summed E-state index contributed by atoms with van der Waals surface area (Å²) in [6.45, 7) is 0. The number of aromatic nitrogens is 2. The Morgan fingerprint density at radius 3 is 2.73 bits per heavy atom. The number of para-hydroxylation sites is 2. The molecule has 0 aliphatic carbocycles. The monoisotopic (exact) mass is 416 g/mol. The summed E-state index contributed by atoms with van der Waals surface area (Å²) in [5.41, 5.74) is 8.54. The normalized spacial score (nSPS) is 15.2. The highest BCUT2D eigenvalue weighted by molar-refractivity contribution is 8.18. The number of ether oxygens (including phenoxy) is 1. The Morgan fingerprint density at radius 1 is 1.17 bits per heavy atom. The molecule has 5 rings (SSSR count). The van der Waals surface area contributed by atoms with E-state index in [1.165, 1.54) is 0 Å². The molecule has 1 amide bonds. The third-order valence-corrected chi connectivity index (χ3v) is 5.46. The molecule has 3 heterocycles. The topological polar surface area (TPSA) is 95.6 Å². The maximum absolute atomic E-state index is 12.1. The van der Waals surface area contributed by atoms with Crippen molar-refractivity contribution < 1.29 is 13.9 Å². The molecule has 0 saturated carbocycles. The third-order valence-electron chi connectivity index (χ3n) is 4.65. The molecule has 8 heteroatoms. The summed E-state index contributed by atoms with van der Waals surface area (Å²) >= 11 is 1.14. The Balaban J connectivity index is 1.68. The van der Waals surface area contributed by atoms with Crippen LogP contribution in [-0.2, 0) is 4.79 Å². The van der Waals surface area contributed by atoms with Gasteiger partial charge in [0.1, 0.15) is 5.69 Å². The van der Waals surface area contributed by atoms with Gasteiger partial charge in [0.25, 0.3) is 5.91 Å². The molecular weight excluding hydrogens is 400 g/mol. The van der Waals surface area contributed by atoms with Crippen LogP contribution >= 0.6 is 11.8 Å². The SMILES string of the molecule is COc1cccc2cc(-c3nn(-c4ccccc4)cc3/C=C3\SC(N)=NC3=O)oc12. The Labute approximate surface area is 175 Å². The summed E-state index contributed by atoms with van der Waals surface area (Å²) in [5, 5.41) is 5.87. The Kier molecular flexibility index (Phi) is 4.40. The van der Waals surface area contributed by atoms with Gasteiger partial charge in [-0.2, -0.15) is 10.1 Å². The number of amides is 1. The number of aliphatic imine (C=N–C) groups is 1. The molecule has 4 aromatic rings. The zero-order valence-electron chi connectivity index (χ0n) is 15.9. The molecule has 2 aromatic heterocycles. The van der Waals surface area contributed by atoms with E-state index in [1.54, 1.807) is 17.9 Å². The number of benzene rings is 2. The second-order valence-corrected chi connectivity index (χ2v) is 7.63. The molecule has 0 atom stereocenters. The zero-order valence-corrected chi connectivity index (χ0v) is 16.7. The van der Waals surface area contributed by atoms with Crippen molar-refractivity contribution >= 4 is 39.9 Å². The van der Waals surface area contributed by atoms with Crippen molar-refractivity contribution in [2.24, 2.45) is 10.7 Å². The summed E-state index contributed by atoms with van der Waals surface area (Å²) in [5.74, 6) is 0.853. The quantitative estimate of drug-likeness (QED) is 0.501. The molecule has 1 aliphatic heterocycles. The minimum Gasteiger partial charge on any atom is -0.493 e. The van der Waals surface area contributed by atoms with E-state index in [4.69, 9.17) is 20.0 Å². The molecular formula is C22H16N4O3S. The predicted molar refractivity (Wildman–Crippen MR) is 118 cm³/mol. The predicted octanol–water partition coefficient (Wildman–Crippen LogP) is 4.22. The van der Waals surface area contributed by atoms with Crippen LogP contribution in [0.1, 0.15) is 5.56 Å². The first-order chi connectivity index (χ1) is 14.6. The Bertz CT molecular complexity index is 1340. The zero-order chi connectivity index (χ0) is 20.7. The maximum Gasteiger partial charge on any atom is 0.286 e. The fraction of sp³-hybridized carbons (Fsp3) is 0.0455. The fourth-order valence-electron chi connectivity index (χ4n) is 3.28. The number of nitrogens with zero attached hydrogens (tertiary/aromatic N) is 3. The molecule has 0 saturated heterocycles. The van der Waals surface area contributed by atoms with E-state index in [0.29, 0.717) is 27.7 Å². The molecule has 1 aliphatic rings. The summed E-state index contributed by atoms with van der Waals surface area (Å²) in [6.07, 6.45) is 3.59. The van der Waals surface area contributed by atoms with Crippen molar-refractivity contribution in [2.75, 3.05) is 7.11 Å². The highest BCUT2D eigenvalue weighted by Gasteiger charge is 2.22. The van der Waals surface area contributed by atoms with Gasteiger partial charge in [0.15, 0.2) is 22.3 Å². The largest absolute Gasteiger partial charge is 0.493 e. The standard InChI is InChI=1S/C22H16N4O3S/c1-28-16-9-5-6-13-10-17(29-20(13)16)19-14(11-18-21(27)24-22(23)30-18)12-26(25-19)15-7-3-2-4-8-15/h2-12H,1H3,(H2,23,24,27)/b18-11-. The van der Waals surface area contributed by atoms with E-state index < -0.39 is 0 Å². The van der Waals surface area contributed by atoms with Gasteiger partial charge in [0.2, 0.25) is 0 Å². The summed E-state index contributed by atoms with van der Waals surface area (Å²) in [6, 6.07) is 17.3. The summed E-state index contributed by atoms with van der Waals surface area (Å²) in [4.78, 5) is 16.3. The van der Waals surface area contributed by atoms with Gasteiger partial charge in [-0.05, 0) is 42.1 Å². The fourth-order valence-corrected chi connectivity index (χ4v) is 3.95. The molecule has 0 bridgehead atoms. The van der Waals surface area contributed by atoms with Crippen molar-refractivity contribution in [3.8, 4) is 22.9 Å². The molecule has 0 unspecified atom stereocenters. The number of carbonyl (C=O) groups excluding carboxylic acids is 1. The number of carbonyl (C=O) groups is 1. The molecule has 2 N–H and O–H groups in total. The van der Waals surface area contributed by atoms with Gasteiger partial charge in [-0.15, -0.1) is 0 Å². The molecule has 0 fully saturated rings. The average Bonchev–Trinajstić information content (AvgIpc) is 3.45. The number of methoxy groups -OCH3 is 1. The first kappa shape index (κ1) is 18.3. The molecule has 2 aromatic carbocycles. The maximum atomic E-state index is 12.1. The number of rotatable bonds is 4. The Hall–Kier alpha value is -3.78. The van der Waals surface area contributed by atoms with Crippen molar-refractivity contribution in [1.29, 1.82) is 0 Å². The smallest absolute Gasteiger partial charge is 0.286 e. The molecule has 0 radical (unpaired) electrons. The van der Waals surface area contributed by atoms with Crippen molar-refractivity contribution in [3.05, 3.63) is 71.3 Å². The minimum atomic E-state index is -0.359. The highest BCUT2D eigenvalue weighted by Crippen LogP contribution is 2.36. The number of furan rings is 1. The lowest BCUT2D eigenvalue weighted by Gasteiger charge is -1.99. The number of fused-ring (bicyclic) bond motifs is 1. The minimum absolute atomic E-state index is 0.233. The van der Waals surface area contributed by atoms with Gasteiger partial charge < -0.3 is 14.9 Å². The lowest BCUT2D eigenvalue weighted by atomic mass is 10.1. The van der Waals surface area contributed by atoms with Crippen LogP contribution in [-0.4, -0.2) is 28.0 Å². The van der Waals surface area contributed by atoms with Gasteiger partial charge in [-0.25, -0.2) is 4.68 Å². The van der Waals surface area contributed by atoms with Gasteiger partial charge >= 0.3 is 0 Å². The van der Waals surface area contributed by atoms with Crippen LogP contribution in [0, 0.1) is 0 Å². The van der Waals surface area contributed by atoms with Gasteiger partial charge in [-0.1, -0.05) is 30.3 Å². The van der Waals surface area contributed by atoms with Crippen LogP contribution in [0.3, 0.4) is 0 Å². The third kappa shape index (κ3) is 3.17. The highest BCUT2D eigenvalue weighted by atomic mass is 32.2. The molecule has 30 heavy (non-hydrogen) atoms. The van der Waals surface area contributed by atoms with Crippen LogP contribution in [0.15, 0.2) is 75.1 Å². The van der Waals surface area contributed by atoms with E-state index in [0.717, 1.165) is 28.4 Å². The second kappa shape index (κ2) is 7.23. The van der Waals surface area contributed by atoms with E-state index in [-0.39, 0.29) is 11.1 Å². The molecule has 148 valence electrons. The van der Waals surface area contributed by atoms with Gasteiger partial charge in [-0.3, -0.25) is 4.79 Å². The molecule has 0 spiro atoms. The van der Waals surface area contributed by atoms with Crippen LogP contribution in [0.4, 0.5) is 0 Å². The number of thioether (sulfide) groups is 1. The van der Waals surface area contributed by atoms with Gasteiger partial charge in [0.05, 0.1) is 17.7 Å². The lowest BCUT2D eigenvalue weighted by molar-refractivity contribution is -0.113. The number of nitrogens with two attached hydrogens (primary N) is 1. The van der Waals surface area contributed by atoms with E-state index in [9.17, 15) is 4.79 Å². The second-order valence-electron chi connectivity index (χ2n) is 6.57. The summed E-state index contributed by atoms with van der Waals surface area (Å²) < 4.78 is 13.3. The summed E-state index contributed by atoms with van der Waals surface area (Å²) in [7, 11) is 1.60. The van der Waals surface area contributed by atoms with Crippen molar-refractivity contribution in [3.63, 3.8) is 0 Å².